The third kappa shape index (κ3) is 3.38. The van der Waals surface area contributed by atoms with E-state index in [1.54, 1.807) is 6.92 Å². The number of halogens is 1. The first-order valence-corrected chi connectivity index (χ1v) is 4.48. The lowest BCUT2D eigenvalue weighted by molar-refractivity contribution is -0.121. The molecule has 0 atom stereocenters. The zero-order valence-electron chi connectivity index (χ0n) is 8.21. The molecular formula is C10H11FN2O2. The first-order valence-electron chi connectivity index (χ1n) is 4.48. The molecule has 1 rings (SSSR count). The predicted molar refractivity (Wildman–Crippen MR) is 52.3 cm³/mol. The van der Waals surface area contributed by atoms with Crippen LogP contribution >= 0.6 is 0 Å². The number of nitrogens with one attached hydrogen (secondary N) is 2. The molecule has 0 fully saturated rings. The van der Waals surface area contributed by atoms with Gasteiger partial charge in [-0.1, -0.05) is 6.92 Å². The first-order chi connectivity index (χ1) is 7.13. The van der Waals surface area contributed by atoms with Crippen LogP contribution < -0.4 is 10.9 Å². The molecule has 1 aromatic carbocycles. The van der Waals surface area contributed by atoms with Crippen molar-refractivity contribution in [3.8, 4) is 0 Å². The zero-order valence-corrected chi connectivity index (χ0v) is 8.21. The highest BCUT2D eigenvalue weighted by Gasteiger charge is 2.05. The summed E-state index contributed by atoms with van der Waals surface area (Å²) in [6, 6.07) is 5.03. The summed E-state index contributed by atoms with van der Waals surface area (Å²) in [6.07, 6.45) is 0.281. The standard InChI is InChI=1S/C10H11FN2O2/c1-2-9(14)12-13-10(15)7-3-5-8(11)6-4-7/h3-6H,2H2,1H3,(H,12,14)(H,13,15). The van der Waals surface area contributed by atoms with Crippen LogP contribution in [0.3, 0.4) is 0 Å². The van der Waals surface area contributed by atoms with E-state index in [0.717, 1.165) is 0 Å². The normalized spacial score (nSPS) is 9.47. The molecule has 0 saturated carbocycles. The lowest BCUT2D eigenvalue weighted by Crippen LogP contribution is -2.41. The Balaban J connectivity index is 2.54. The minimum Gasteiger partial charge on any atom is -0.273 e. The van der Waals surface area contributed by atoms with Gasteiger partial charge in [0.05, 0.1) is 0 Å². The summed E-state index contributed by atoms with van der Waals surface area (Å²) in [5.74, 6) is -1.17. The highest BCUT2D eigenvalue weighted by atomic mass is 19.1. The van der Waals surface area contributed by atoms with Gasteiger partial charge in [-0.05, 0) is 24.3 Å². The molecule has 0 saturated heterocycles. The van der Waals surface area contributed by atoms with Crippen LogP contribution in [0.25, 0.3) is 0 Å². The molecule has 0 aromatic heterocycles. The van der Waals surface area contributed by atoms with Crippen LogP contribution in [0.5, 0.6) is 0 Å². The molecule has 0 bridgehead atoms. The molecule has 80 valence electrons. The van der Waals surface area contributed by atoms with Crippen LogP contribution in [-0.2, 0) is 4.79 Å². The second-order valence-corrected chi connectivity index (χ2v) is 2.86. The van der Waals surface area contributed by atoms with Crippen molar-refractivity contribution in [2.75, 3.05) is 0 Å². The molecule has 0 aliphatic rings. The van der Waals surface area contributed by atoms with Crippen LogP contribution in [0, 0.1) is 5.82 Å². The van der Waals surface area contributed by atoms with Crippen molar-refractivity contribution in [2.45, 2.75) is 13.3 Å². The van der Waals surface area contributed by atoms with Gasteiger partial charge < -0.3 is 0 Å². The molecule has 15 heavy (non-hydrogen) atoms. The smallest absolute Gasteiger partial charge is 0.269 e. The maximum absolute atomic E-state index is 12.5. The second kappa shape index (κ2) is 5.09. The number of carbonyl (C=O) groups is 2. The fraction of sp³-hybridized carbons (Fsp3) is 0.200. The van der Waals surface area contributed by atoms with Gasteiger partial charge in [0.15, 0.2) is 0 Å². The predicted octanol–water partition coefficient (Wildman–Crippen LogP) is 0.997. The average Bonchev–Trinajstić information content (AvgIpc) is 2.26. The zero-order chi connectivity index (χ0) is 11.3. The molecule has 0 radical (unpaired) electrons. The van der Waals surface area contributed by atoms with Gasteiger partial charge in [0, 0.05) is 12.0 Å². The van der Waals surface area contributed by atoms with Crippen molar-refractivity contribution in [1.29, 1.82) is 0 Å². The van der Waals surface area contributed by atoms with Crippen LogP contribution in [0.2, 0.25) is 0 Å². The molecule has 4 nitrogen and oxygen atoms in total. The average molecular weight is 210 g/mol. The first kappa shape index (κ1) is 11.2. The highest BCUT2D eigenvalue weighted by molar-refractivity contribution is 5.95. The Hall–Kier alpha value is -1.91. The fourth-order valence-electron chi connectivity index (χ4n) is 0.888. The van der Waals surface area contributed by atoms with E-state index >= 15 is 0 Å². The quantitative estimate of drug-likeness (QED) is 0.715. The molecule has 0 spiro atoms. The summed E-state index contributed by atoms with van der Waals surface area (Å²) in [6.45, 7) is 1.67. The van der Waals surface area contributed by atoms with Crippen LogP contribution in [0.4, 0.5) is 4.39 Å². The van der Waals surface area contributed by atoms with E-state index in [1.165, 1.54) is 24.3 Å². The van der Waals surface area contributed by atoms with Crippen molar-refractivity contribution in [1.82, 2.24) is 10.9 Å². The number of benzene rings is 1. The number of hydrazine groups is 1. The monoisotopic (exact) mass is 210 g/mol. The van der Waals surface area contributed by atoms with E-state index in [9.17, 15) is 14.0 Å². The third-order valence-electron chi connectivity index (χ3n) is 1.74. The van der Waals surface area contributed by atoms with Gasteiger partial charge in [-0.25, -0.2) is 4.39 Å². The third-order valence-corrected chi connectivity index (χ3v) is 1.74. The number of rotatable bonds is 2. The SMILES string of the molecule is CCC(=O)NNC(=O)c1ccc(F)cc1. The second-order valence-electron chi connectivity index (χ2n) is 2.86. The highest BCUT2D eigenvalue weighted by Crippen LogP contribution is 2.01. The van der Waals surface area contributed by atoms with E-state index < -0.39 is 11.7 Å². The largest absolute Gasteiger partial charge is 0.273 e. The molecule has 1 aromatic rings. The Morgan fingerprint density at radius 1 is 1.20 bits per heavy atom. The van der Waals surface area contributed by atoms with Crippen molar-refractivity contribution in [3.05, 3.63) is 35.6 Å². The maximum atomic E-state index is 12.5. The van der Waals surface area contributed by atoms with Gasteiger partial charge in [0.2, 0.25) is 5.91 Å². The van der Waals surface area contributed by atoms with E-state index in [4.69, 9.17) is 0 Å². The van der Waals surface area contributed by atoms with E-state index in [-0.39, 0.29) is 17.9 Å². The topological polar surface area (TPSA) is 58.2 Å². The number of amides is 2. The molecule has 0 aliphatic carbocycles. The summed E-state index contributed by atoms with van der Waals surface area (Å²) in [5, 5.41) is 0. The summed E-state index contributed by atoms with van der Waals surface area (Å²) in [4.78, 5) is 22.1. The van der Waals surface area contributed by atoms with Crippen LogP contribution in [-0.4, -0.2) is 11.8 Å². The maximum Gasteiger partial charge on any atom is 0.269 e. The molecule has 0 aliphatic heterocycles. The molecule has 0 unspecified atom stereocenters. The Morgan fingerprint density at radius 2 is 1.80 bits per heavy atom. The minimum absolute atomic E-state index is 0.281. The summed E-state index contributed by atoms with van der Waals surface area (Å²) in [7, 11) is 0. The van der Waals surface area contributed by atoms with E-state index in [2.05, 4.69) is 10.9 Å². The van der Waals surface area contributed by atoms with Gasteiger partial charge in [-0.2, -0.15) is 0 Å². The van der Waals surface area contributed by atoms with Gasteiger partial charge in [-0.3, -0.25) is 20.4 Å². The number of hydrogen-bond acceptors (Lipinski definition) is 2. The van der Waals surface area contributed by atoms with Crippen LogP contribution in [0.15, 0.2) is 24.3 Å². The number of hydrogen-bond donors (Lipinski definition) is 2. The number of carbonyl (C=O) groups excluding carboxylic acids is 2. The van der Waals surface area contributed by atoms with Gasteiger partial charge >= 0.3 is 0 Å². The van der Waals surface area contributed by atoms with Crippen molar-refractivity contribution in [3.63, 3.8) is 0 Å². The van der Waals surface area contributed by atoms with Crippen molar-refractivity contribution in [2.24, 2.45) is 0 Å². The van der Waals surface area contributed by atoms with Gasteiger partial charge in [0.25, 0.3) is 5.91 Å². The van der Waals surface area contributed by atoms with Gasteiger partial charge in [0.1, 0.15) is 5.82 Å². The van der Waals surface area contributed by atoms with Crippen LogP contribution in [0.1, 0.15) is 23.7 Å². The lowest BCUT2D eigenvalue weighted by Gasteiger charge is -2.05. The fourth-order valence-corrected chi connectivity index (χ4v) is 0.888. The summed E-state index contributed by atoms with van der Waals surface area (Å²) < 4.78 is 12.5. The lowest BCUT2D eigenvalue weighted by atomic mass is 10.2. The Bertz CT molecular complexity index is 362. The van der Waals surface area contributed by atoms with Crippen molar-refractivity contribution < 1.29 is 14.0 Å². The molecule has 2 N–H and O–H groups in total. The molecular weight excluding hydrogens is 199 g/mol. The Labute approximate surface area is 86.4 Å². The summed E-state index contributed by atoms with van der Waals surface area (Å²) in [5.41, 5.74) is 4.71. The molecule has 0 heterocycles. The van der Waals surface area contributed by atoms with Crippen molar-refractivity contribution >= 4 is 11.8 Å². The Morgan fingerprint density at radius 3 is 2.33 bits per heavy atom. The molecule has 5 heteroatoms. The Kier molecular flexibility index (Phi) is 3.79. The van der Waals surface area contributed by atoms with E-state index in [1.807, 2.05) is 0 Å². The van der Waals surface area contributed by atoms with Gasteiger partial charge in [-0.15, -0.1) is 0 Å². The minimum atomic E-state index is -0.475. The van der Waals surface area contributed by atoms with E-state index in [0.29, 0.717) is 0 Å². The molecule has 2 amide bonds. The summed E-state index contributed by atoms with van der Waals surface area (Å²) >= 11 is 0.